The number of hydrogen-bond acceptors (Lipinski definition) is 6. The molecule has 8 heteroatoms. The van der Waals surface area contributed by atoms with Crippen LogP contribution in [0.15, 0.2) is 24.5 Å². The van der Waals surface area contributed by atoms with Gasteiger partial charge in [-0.15, -0.1) is 0 Å². The van der Waals surface area contributed by atoms with Crippen LogP contribution in [0.2, 0.25) is 0 Å². The van der Waals surface area contributed by atoms with Crippen LogP contribution in [0, 0.1) is 0 Å². The molecule has 1 atom stereocenters. The second-order valence-corrected chi connectivity index (χ2v) is 7.98. The number of likely N-dealkylation sites (tertiary alicyclic amines) is 1. The van der Waals surface area contributed by atoms with E-state index in [1.54, 1.807) is 24.5 Å². The van der Waals surface area contributed by atoms with E-state index in [4.69, 9.17) is 14.2 Å². The fourth-order valence-corrected chi connectivity index (χ4v) is 4.36. The van der Waals surface area contributed by atoms with Gasteiger partial charge in [0.25, 0.3) is 5.91 Å². The number of hydrogen-bond donors (Lipinski definition) is 0. The van der Waals surface area contributed by atoms with Crippen molar-refractivity contribution in [3.8, 4) is 0 Å². The summed E-state index contributed by atoms with van der Waals surface area (Å²) in [7, 11) is 0. The Kier molecular flexibility index (Phi) is 6.42. The zero-order valence-electron chi connectivity index (χ0n) is 16.8. The minimum atomic E-state index is -0.250. The summed E-state index contributed by atoms with van der Waals surface area (Å²) < 4.78 is 17.4. The van der Waals surface area contributed by atoms with Gasteiger partial charge >= 0.3 is 0 Å². The Hall–Kier alpha value is -2.03. The second kappa shape index (κ2) is 9.19. The molecule has 3 aliphatic rings. The molecule has 0 saturated carbocycles. The van der Waals surface area contributed by atoms with Gasteiger partial charge in [-0.3, -0.25) is 14.6 Å². The van der Waals surface area contributed by atoms with E-state index >= 15 is 0 Å². The van der Waals surface area contributed by atoms with Crippen LogP contribution in [-0.4, -0.2) is 90.9 Å². The van der Waals surface area contributed by atoms with E-state index in [1.807, 2.05) is 9.80 Å². The van der Waals surface area contributed by atoms with Crippen molar-refractivity contribution in [2.75, 3.05) is 52.6 Å². The molecule has 0 radical (unpaired) electrons. The summed E-state index contributed by atoms with van der Waals surface area (Å²) in [6.07, 6.45) is 6.48. The minimum Gasteiger partial charge on any atom is -0.378 e. The van der Waals surface area contributed by atoms with Crippen molar-refractivity contribution in [3.63, 3.8) is 0 Å². The van der Waals surface area contributed by atoms with E-state index in [9.17, 15) is 9.59 Å². The molecular formula is C21H29N3O5. The molecule has 3 fully saturated rings. The molecule has 8 nitrogen and oxygen atoms in total. The monoisotopic (exact) mass is 403 g/mol. The Balaban J connectivity index is 1.26. The van der Waals surface area contributed by atoms with Gasteiger partial charge in [-0.05, 0) is 31.4 Å². The van der Waals surface area contributed by atoms with Gasteiger partial charge in [0.15, 0.2) is 0 Å². The zero-order chi connectivity index (χ0) is 20.1. The van der Waals surface area contributed by atoms with Crippen LogP contribution in [0.3, 0.4) is 0 Å². The predicted molar refractivity (Wildman–Crippen MR) is 104 cm³/mol. The average Bonchev–Trinajstić information content (AvgIpc) is 2.79. The molecule has 3 aliphatic heterocycles. The van der Waals surface area contributed by atoms with Crippen LogP contribution < -0.4 is 0 Å². The fourth-order valence-electron chi connectivity index (χ4n) is 4.36. The van der Waals surface area contributed by atoms with E-state index in [-0.39, 0.29) is 30.1 Å². The zero-order valence-corrected chi connectivity index (χ0v) is 16.8. The summed E-state index contributed by atoms with van der Waals surface area (Å²) in [5, 5.41) is 0. The standard InChI is InChI=1S/C21H29N3O5/c25-19(23-10-13-27-14-11-23)16-28-18-3-12-29-21(15-18)4-8-24(9-5-21)20(26)17-1-6-22-7-2-17/h1-2,6-7,18H,3-5,8-16H2. The number of morpholine rings is 1. The van der Waals surface area contributed by atoms with Crippen molar-refractivity contribution in [3.05, 3.63) is 30.1 Å². The Bertz CT molecular complexity index is 700. The first kappa shape index (κ1) is 20.3. The number of carbonyl (C=O) groups is 2. The number of amides is 2. The lowest BCUT2D eigenvalue weighted by atomic mass is 9.83. The van der Waals surface area contributed by atoms with Crippen LogP contribution in [-0.2, 0) is 19.0 Å². The highest BCUT2D eigenvalue weighted by Crippen LogP contribution is 2.36. The number of ether oxygens (including phenoxy) is 3. The summed E-state index contributed by atoms with van der Waals surface area (Å²) in [6, 6.07) is 3.50. The highest BCUT2D eigenvalue weighted by Gasteiger charge is 2.41. The number of piperidine rings is 1. The summed E-state index contributed by atoms with van der Waals surface area (Å²) in [6.45, 7) is 4.56. The van der Waals surface area contributed by atoms with Crippen molar-refractivity contribution in [1.82, 2.24) is 14.8 Å². The third kappa shape index (κ3) is 4.94. The molecule has 1 aromatic rings. The van der Waals surface area contributed by atoms with Crippen molar-refractivity contribution < 1.29 is 23.8 Å². The lowest BCUT2D eigenvalue weighted by Gasteiger charge is -2.46. The van der Waals surface area contributed by atoms with Gasteiger partial charge in [-0.2, -0.15) is 0 Å². The van der Waals surface area contributed by atoms with Gasteiger partial charge in [0.05, 0.1) is 24.9 Å². The van der Waals surface area contributed by atoms with E-state index in [2.05, 4.69) is 4.98 Å². The van der Waals surface area contributed by atoms with Gasteiger partial charge in [-0.1, -0.05) is 0 Å². The third-order valence-electron chi connectivity index (χ3n) is 6.14. The fraction of sp³-hybridized carbons (Fsp3) is 0.667. The number of aromatic nitrogens is 1. The maximum absolute atomic E-state index is 12.6. The molecule has 2 amide bonds. The Morgan fingerprint density at radius 1 is 1.07 bits per heavy atom. The highest BCUT2D eigenvalue weighted by molar-refractivity contribution is 5.94. The van der Waals surface area contributed by atoms with Crippen molar-refractivity contribution >= 4 is 11.8 Å². The molecular weight excluding hydrogens is 374 g/mol. The van der Waals surface area contributed by atoms with Crippen molar-refractivity contribution in [2.45, 2.75) is 37.4 Å². The van der Waals surface area contributed by atoms with Crippen LogP contribution in [0.4, 0.5) is 0 Å². The SMILES string of the molecule is O=C(COC1CCOC2(CCN(C(=O)c3ccncc3)CC2)C1)N1CCOCC1. The van der Waals surface area contributed by atoms with Crippen molar-refractivity contribution in [2.24, 2.45) is 0 Å². The number of pyridine rings is 1. The van der Waals surface area contributed by atoms with Crippen LogP contribution >= 0.6 is 0 Å². The van der Waals surface area contributed by atoms with Crippen LogP contribution in [0.25, 0.3) is 0 Å². The first-order valence-electron chi connectivity index (χ1n) is 10.5. The topological polar surface area (TPSA) is 81.2 Å². The molecule has 4 heterocycles. The molecule has 1 aromatic heterocycles. The number of rotatable bonds is 4. The lowest BCUT2D eigenvalue weighted by Crippen LogP contribution is -2.52. The van der Waals surface area contributed by atoms with Gasteiger partial charge in [0, 0.05) is 57.2 Å². The predicted octanol–water partition coefficient (Wildman–Crippen LogP) is 1.11. The van der Waals surface area contributed by atoms with Crippen LogP contribution in [0.5, 0.6) is 0 Å². The summed E-state index contributed by atoms with van der Waals surface area (Å²) in [4.78, 5) is 32.6. The molecule has 0 aromatic carbocycles. The first-order chi connectivity index (χ1) is 14.2. The smallest absolute Gasteiger partial charge is 0.253 e. The number of carbonyl (C=O) groups excluding carboxylic acids is 2. The maximum atomic E-state index is 12.6. The Morgan fingerprint density at radius 3 is 2.52 bits per heavy atom. The van der Waals surface area contributed by atoms with Gasteiger partial charge in [0.1, 0.15) is 6.61 Å². The van der Waals surface area contributed by atoms with E-state index in [0.29, 0.717) is 51.6 Å². The molecule has 1 unspecified atom stereocenters. The minimum absolute atomic E-state index is 0.0242. The van der Waals surface area contributed by atoms with E-state index in [1.165, 1.54) is 0 Å². The lowest BCUT2D eigenvalue weighted by molar-refractivity contribution is -0.163. The average molecular weight is 403 g/mol. The quantitative estimate of drug-likeness (QED) is 0.749. The molecule has 0 aliphatic carbocycles. The summed E-state index contributed by atoms with van der Waals surface area (Å²) in [5.41, 5.74) is 0.420. The maximum Gasteiger partial charge on any atom is 0.253 e. The van der Waals surface area contributed by atoms with Crippen LogP contribution in [0.1, 0.15) is 36.0 Å². The number of nitrogens with zero attached hydrogens (tertiary/aromatic N) is 3. The largest absolute Gasteiger partial charge is 0.378 e. The summed E-state index contributed by atoms with van der Waals surface area (Å²) >= 11 is 0. The normalized spacial score (nSPS) is 24.5. The second-order valence-electron chi connectivity index (χ2n) is 7.98. The molecule has 0 bridgehead atoms. The van der Waals surface area contributed by atoms with E-state index < -0.39 is 0 Å². The molecule has 1 spiro atoms. The molecule has 0 N–H and O–H groups in total. The summed E-state index contributed by atoms with van der Waals surface area (Å²) in [5.74, 6) is 0.0774. The molecule has 158 valence electrons. The molecule has 3 saturated heterocycles. The first-order valence-corrected chi connectivity index (χ1v) is 10.5. The Labute approximate surface area is 171 Å². The van der Waals surface area contributed by atoms with Gasteiger partial charge < -0.3 is 24.0 Å². The highest BCUT2D eigenvalue weighted by atomic mass is 16.5. The van der Waals surface area contributed by atoms with E-state index in [0.717, 1.165) is 25.7 Å². The van der Waals surface area contributed by atoms with Gasteiger partial charge in [-0.25, -0.2) is 0 Å². The van der Waals surface area contributed by atoms with Gasteiger partial charge in [0.2, 0.25) is 5.91 Å². The van der Waals surface area contributed by atoms with Crippen molar-refractivity contribution in [1.29, 1.82) is 0 Å². The molecule has 29 heavy (non-hydrogen) atoms. The Morgan fingerprint density at radius 2 is 1.79 bits per heavy atom. The third-order valence-corrected chi connectivity index (χ3v) is 6.14. The molecule has 4 rings (SSSR count).